The molecule has 0 radical (unpaired) electrons. The minimum Gasteiger partial charge on any atom is -0.487 e. The van der Waals surface area contributed by atoms with Crippen LogP contribution in [0.5, 0.6) is 5.75 Å². The van der Waals surface area contributed by atoms with Crippen molar-refractivity contribution in [3.63, 3.8) is 0 Å². The van der Waals surface area contributed by atoms with Gasteiger partial charge in [0.25, 0.3) is 0 Å². The molecule has 0 heterocycles. The first kappa shape index (κ1) is 13.9. The highest BCUT2D eigenvalue weighted by molar-refractivity contribution is 5.81. The van der Waals surface area contributed by atoms with Crippen molar-refractivity contribution in [1.29, 1.82) is 0 Å². The van der Waals surface area contributed by atoms with Crippen LogP contribution in [0.2, 0.25) is 0 Å². The van der Waals surface area contributed by atoms with E-state index in [9.17, 15) is 10.1 Å². The Morgan fingerprint density at radius 3 is 3.00 bits per heavy atom. The number of aliphatic hydroxyl groups excluding tert-OH is 1. The fourth-order valence-corrected chi connectivity index (χ4v) is 1.27. The number of rotatable bonds is 7. The molecule has 18 heavy (non-hydrogen) atoms. The topological polar surface area (TPSA) is 97.0 Å². The van der Waals surface area contributed by atoms with Crippen molar-refractivity contribution >= 4 is 11.9 Å². The van der Waals surface area contributed by atoms with Gasteiger partial charge in [0.2, 0.25) is 0 Å². The number of benzene rings is 1. The van der Waals surface area contributed by atoms with Gasteiger partial charge in [-0.05, 0) is 19.1 Å². The Kier molecular flexibility index (Phi) is 5.59. The first-order valence-corrected chi connectivity index (χ1v) is 5.47. The van der Waals surface area contributed by atoms with Gasteiger partial charge in [0.15, 0.2) is 5.75 Å². The molecule has 0 bridgehead atoms. The van der Waals surface area contributed by atoms with Crippen LogP contribution < -0.4 is 10.2 Å². The first-order valence-electron chi connectivity index (χ1n) is 5.47. The van der Waals surface area contributed by atoms with Crippen molar-refractivity contribution in [3.05, 3.63) is 33.9 Å². The average molecular weight is 253 g/mol. The van der Waals surface area contributed by atoms with Crippen molar-refractivity contribution in [2.45, 2.75) is 6.92 Å². The summed E-state index contributed by atoms with van der Waals surface area (Å²) in [6.07, 6.45) is 1.44. The second-order valence-electron chi connectivity index (χ2n) is 3.31. The molecule has 0 saturated heterocycles. The Balaban J connectivity index is 2.86. The lowest BCUT2D eigenvalue weighted by molar-refractivity contribution is -0.385. The average Bonchev–Trinajstić information content (AvgIpc) is 2.36. The molecule has 0 unspecified atom stereocenters. The quantitative estimate of drug-likeness (QED) is 0.326. The van der Waals surface area contributed by atoms with E-state index in [-0.39, 0.29) is 18.0 Å². The summed E-state index contributed by atoms with van der Waals surface area (Å²) in [7, 11) is 0. The standard InChI is InChI=1S/C11H15N3O4/c1-2-18-11-4-3-9(7-10(11)14(16)17)8-13-12-5-6-15/h3-4,7-8,12,15H,2,5-6H2,1H3. The van der Waals surface area contributed by atoms with Crippen LogP contribution in [-0.2, 0) is 0 Å². The van der Waals surface area contributed by atoms with Gasteiger partial charge in [-0.1, -0.05) is 0 Å². The third kappa shape index (κ3) is 4.02. The molecule has 1 aromatic rings. The maximum absolute atomic E-state index is 10.9. The molecule has 0 aliphatic carbocycles. The van der Waals surface area contributed by atoms with Gasteiger partial charge in [0.1, 0.15) is 0 Å². The predicted octanol–water partition coefficient (Wildman–Crippen LogP) is 0.909. The van der Waals surface area contributed by atoms with E-state index in [4.69, 9.17) is 9.84 Å². The zero-order valence-corrected chi connectivity index (χ0v) is 10.00. The zero-order chi connectivity index (χ0) is 13.4. The number of hydrazone groups is 1. The summed E-state index contributed by atoms with van der Waals surface area (Å²) in [5, 5.41) is 23.2. The molecule has 98 valence electrons. The zero-order valence-electron chi connectivity index (χ0n) is 10.00. The maximum Gasteiger partial charge on any atom is 0.311 e. The van der Waals surface area contributed by atoms with Gasteiger partial charge in [-0.15, -0.1) is 0 Å². The van der Waals surface area contributed by atoms with E-state index in [0.717, 1.165) is 0 Å². The SMILES string of the molecule is CCOc1ccc(C=NNCCO)cc1[N+](=O)[O-]. The number of nitrogens with zero attached hydrogens (tertiary/aromatic N) is 2. The molecular formula is C11H15N3O4. The summed E-state index contributed by atoms with van der Waals surface area (Å²) < 4.78 is 5.16. The minimum atomic E-state index is -0.497. The number of nitro benzene ring substituents is 1. The molecule has 0 saturated carbocycles. The van der Waals surface area contributed by atoms with Crippen LogP contribution >= 0.6 is 0 Å². The Morgan fingerprint density at radius 2 is 2.39 bits per heavy atom. The maximum atomic E-state index is 10.9. The van der Waals surface area contributed by atoms with E-state index in [1.165, 1.54) is 18.3 Å². The lowest BCUT2D eigenvalue weighted by Gasteiger charge is -2.04. The van der Waals surface area contributed by atoms with Crippen molar-refractivity contribution < 1.29 is 14.8 Å². The molecule has 2 N–H and O–H groups in total. The third-order valence-electron chi connectivity index (χ3n) is 2.01. The van der Waals surface area contributed by atoms with E-state index >= 15 is 0 Å². The van der Waals surface area contributed by atoms with Crippen molar-refractivity contribution in [1.82, 2.24) is 5.43 Å². The van der Waals surface area contributed by atoms with E-state index < -0.39 is 4.92 Å². The molecule has 0 spiro atoms. The number of hydrogen-bond acceptors (Lipinski definition) is 6. The van der Waals surface area contributed by atoms with Crippen LogP contribution in [0, 0.1) is 10.1 Å². The summed E-state index contributed by atoms with van der Waals surface area (Å²) in [4.78, 5) is 10.4. The van der Waals surface area contributed by atoms with Gasteiger partial charge in [0.05, 0.1) is 30.9 Å². The Morgan fingerprint density at radius 1 is 1.61 bits per heavy atom. The molecular weight excluding hydrogens is 238 g/mol. The number of nitro groups is 1. The summed E-state index contributed by atoms with van der Waals surface area (Å²) in [5.74, 6) is 0.239. The fourth-order valence-electron chi connectivity index (χ4n) is 1.27. The summed E-state index contributed by atoms with van der Waals surface area (Å²) in [6, 6.07) is 4.59. The van der Waals surface area contributed by atoms with Gasteiger partial charge >= 0.3 is 5.69 Å². The molecule has 0 fully saturated rings. The smallest absolute Gasteiger partial charge is 0.311 e. The van der Waals surface area contributed by atoms with E-state index in [1.807, 2.05) is 0 Å². The second-order valence-corrected chi connectivity index (χ2v) is 3.31. The van der Waals surface area contributed by atoms with Crippen molar-refractivity contribution in [2.75, 3.05) is 19.8 Å². The molecule has 7 nitrogen and oxygen atoms in total. The number of nitrogens with one attached hydrogen (secondary N) is 1. The lowest BCUT2D eigenvalue weighted by atomic mass is 10.2. The normalized spacial score (nSPS) is 10.6. The molecule has 0 atom stereocenters. The Bertz CT molecular complexity index is 434. The Labute approximate surface area is 104 Å². The Hall–Kier alpha value is -2.15. The monoisotopic (exact) mass is 253 g/mol. The third-order valence-corrected chi connectivity index (χ3v) is 2.01. The van der Waals surface area contributed by atoms with E-state index in [2.05, 4.69) is 10.5 Å². The molecule has 1 rings (SSSR count). The second kappa shape index (κ2) is 7.23. The summed E-state index contributed by atoms with van der Waals surface area (Å²) in [6.45, 7) is 2.43. The van der Waals surface area contributed by atoms with Crippen LogP contribution in [0.4, 0.5) is 5.69 Å². The molecule has 1 aromatic carbocycles. The number of hydrogen-bond donors (Lipinski definition) is 2. The van der Waals surface area contributed by atoms with Gasteiger partial charge in [-0.3, -0.25) is 10.1 Å². The summed E-state index contributed by atoms with van der Waals surface area (Å²) in [5.41, 5.74) is 3.08. The first-order chi connectivity index (χ1) is 8.69. The summed E-state index contributed by atoms with van der Waals surface area (Å²) >= 11 is 0. The van der Waals surface area contributed by atoms with Gasteiger partial charge in [-0.25, -0.2) is 0 Å². The van der Waals surface area contributed by atoms with E-state index in [1.54, 1.807) is 13.0 Å². The van der Waals surface area contributed by atoms with E-state index in [0.29, 0.717) is 18.7 Å². The molecule has 0 amide bonds. The number of ether oxygens (including phenoxy) is 1. The minimum absolute atomic E-state index is 0.0270. The van der Waals surface area contributed by atoms with Crippen LogP contribution in [0.3, 0.4) is 0 Å². The highest BCUT2D eigenvalue weighted by Gasteiger charge is 2.14. The van der Waals surface area contributed by atoms with Crippen LogP contribution in [0.1, 0.15) is 12.5 Å². The number of aliphatic hydroxyl groups is 1. The van der Waals surface area contributed by atoms with Gasteiger partial charge in [-0.2, -0.15) is 5.10 Å². The van der Waals surface area contributed by atoms with Crippen LogP contribution in [-0.4, -0.2) is 36.0 Å². The molecule has 7 heteroatoms. The molecule has 0 aliphatic heterocycles. The molecule has 0 aromatic heterocycles. The molecule has 0 aliphatic rings. The highest BCUT2D eigenvalue weighted by atomic mass is 16.6. The van der Waals surface area contributed by atoms with Gasteiger partial charge < -0.3 is 15.3 Å². The van der Waals surface area contributed by atoms with Crippen LogP contribution in [0.25, 0.3) is 0 Å². The fraction of sp³-hybridized carbons (Fsp3) is 0.364. The highest BCUT2D eigenvalue weighted by Crippen LogP contribution is 2.27. The predicted molar refractivity (Wildman–Crippen MR) is 66.9 cm³/mol. The lowest BCUT2D eigenvalue weighted by Crippen LogP contribution is -2.11. The van der Waals surface area contributed by atoms with Crippen LogP contribution in [0.15, 0.2) is 23.3 Å². The van der Waals surface area contributed by atoms with Gasteiger partial charge in [0, 0.05) is 11.6 Å². The van der Waals surface area contributed by atoms with Crippen molar-refractivity contribution in [3.8, 4) is 5.75 Å². The largest absolute Gasteiger partial charge is 0.487 e. The van der Waals surface area contributed by atoms with Crippen molar-refractivity contribution in [2.24, 2.45) is 5.10 Å².